The molecule has 3 aromatic rings. The number of nitrogens with one attached hydrogen (secondary N) is 1. The molecule has 0 bridgehead atoms. The van der Waals surface area contributed by atoms with E-state index in [1.807, 2.05) is 54.1 Å². The van der Waals surface area contributed by atoms with E-state index < -0.39 is 6.10 Å². The van der Waals surface area contributed by atoms with Gasteiger partial charge in [-0.3, -0.25) is 4.99 Å². The van der Waals surface area contributed by atoms with Gasteiger partial charge in [-0.25, -0.2) is 4.98 Å². The molecule has 0 fully saturated rings. The van der Waals surface area contributed by atoms with Crippen molar-refractivity contribution in [2.45, 2.75) is 18.9 Å². The Bertz CT molecular complexity index is 846. The van der Waals surface area contributed by atoms with Crippen molar-refractivity contribution in [3.8, 4) is 0 Å². The Labute approximate surface area is 163 Å². The minimum Gasteiger partial charge on any atom is -0.387 e. The van der Waals surface area contributed by atoms with Gasteiger partial charge in [0.2, 0.25) is 0 Å². The first kappa shape index (κ1) is 19.2. The molecule has 140 valence electrons. The highest BCUT2D eigenvalue weighted by molar-refractivity contribution is 7.13. The Kier molecular flexibility index (Phi) is 7.10. The van der Waals surface area contributed by atoms with E-state index in [1.54, 1.807) is 0 Å². The van der Waals surface area contributed by atoms with E-state index in [4.69, 9.17) is 5.73 Å². The van der Waals surface area contributed by atoms with Crippen LogP contribution in [0.15, 0.2) is 65.0 Å². The molecule has 1 atom stereocenters. The Balaban J connectivity index is 1.38. The van der Waals surface area contributed by atoms with E-state index in [0.717, 1.165) is 29.9 Å². The van der Waals surface area contributed by atoms with Crippen LogP contribution >= 0.6 is 11.3 Å². The van der Waals surface area contributed by atoms with Crippen molar-refractivity contribution in [2.75, 3.05) is 18.8 Å². The minimum atomic E-state index is -0.476. The molecular formula is C21H24N4OS. The van der Waals surface area contributed by atoms with Crippen LogP contribution in [0.1, 0.15) is 22.9 Å². The maximum Gasteiger partial charge on any atom is 0.180 e. The molecule has 0 aliphatic rings. The summed E-state index contributed by atoms with van der Waals surface area (Å²) in [6.07, 6.45) is 2.97. The Morgan fingerprint density at radius 2 is 1.93 bits per heavy atom. The van der Waals surface area contributed by atoms with E-state index in [-0.39, 0.29) is 0 Å². The van der Waals surface area contributed by atoms with E-state index in [9.17, 15) is 5.11 Å². The predicted octanol–water partition coefficient (Wildman–Crippen LogP) is 3.54. The summed E-state index contributed by atoms with van der Waals surface area (Å²) in [5, 5.41) is 16.0. The molecular weight excluding hydrogens is 356 g/mol. The highest BCUT2D eigenvalue weighted by atomic mass is 32.1. The number of aliphatic hydroxyl groups excluding tert-OH is 1. The SMILES string of the molecule is Nc1nc(C/C=N/c2ccc(CCNC[C@H](O)c3ccccc3)cc2)cs1. The van der Waals surface area contributed by atoms with Gasteiger partial charge in [-0.15, -0.1) is 11.3 Å². The number of hydrogen-bond acceptors (Lipinski definition) is 6. The average Bonchev–Trinajstić information content (AvgIpc) is 3.12. The average molecular weight is 381 g/mol. The molecule has 0 radical (unpaired) electrons. The number of rotatable bonds is 9. The molecule has 1 heterocycles. The third-order valence-corrected chi connectivity index (χ3v) is 4.88. The quantitative estimate of drug-likeness (QED) is 0.392. The van der Waals surface area contributed by atoms with Gasteiger partial charge in [0.25, 0.3) is 0 Å². The number of aliphatic hydroxyl groups is 1. The molecule has 0 saturated carbocycles. The zero-order valence-electron chi connectivity index (χ0n) is 15.1. The highest BCUT2D eigenvalue weighted by Crippen LogP contribution is 2.15. The molecule has 0 spiro atoms. The van der Waals surface area contributed by atoms with E-state index in [1.165, 1.54) is 16.9 Å². The summed E-state index contributed by atoms with van der Waals surface area (Å²) in [6.45, 7) is 1.37. The molecule has 3 rings (SSSR count). The molecule has 2 aromatic carbocycles. The van der Waals surface area contributed by atoms with Crippen LogP contribution in [0.3, 0.4) is 0 Å². The maximum absolute atomic E-state index is 10.1. The predicted molar refractivity (Wildman–Crippen MR) is 113 cm³/mol. The molecule has 0 amide bonds. The van der Waals surface area contributed by atoms with Gasteiger partial charge in [0.05, 0.1) is 17.5 Å². The summed E-state index contributed by atoms with van der Waals surface area (Å²) < 4.78 is 0. The number of hydrogen-bond donors (Lipinski definition) is 3. The molecule has 0 unspecified atom stereocenters. The number of nitrogens with zero attached hydrogens (tertiary/aromatic N) is 2. The number of nitrogen functional groups attached to an aromatic ring is 1. The number of benzene rings is 2. The lowest BCUT2D eigenvalue weighted by Gasteiger charge is -2.12. The lowest BCUT2D eigenvalue weighted by atomic mass is 10.1. The van der Waals surface area contributed by atoms with Gasteiger partial charge in [-0.05, 0) is 36.2 Å². The first-order chi connectivity index (χ1) is 13.2. The summed E-state index contributed by atoms with van der Waals surface area (Å²) in [6, 6.07) is 17.9. The third kappa shape index (κ3) is 6.29. The van der Waals surface area contributed by atoms with Crippen LogP contribution in [-0.2, 0) is 12.8 Å². The van der Waals surface area contributed by atoms with Crippen molar-refractivity contribution < 1.29 is 5.11 Å². The molecule has 0 saturated heterocycles. The van der Waals surface area contributed by atoms with Crippen LogP contribution in [0.4, 0.5) is 10.8 Å². The molecule has 5 nitrogen and oxygen atoms in total. The molecule has 6 heteroatoms. The highest BCUT2D eigenvalue weighted by Gasteiger charge is 2.05. The van der Waals surface area contributed by atoms with Crippen molar-refractivity contribution in [1.82, 2.24) is 10.3 Å². The van der Waals surface area contributed by atoms with Crippen LogP contribution in [-0.4, -0.2) is 29.4 Å². The summed E-state index contributed by atoms with van der Waals surface area (Å²) in [5.41, 5.74) is 9.67. The Morgan fingerprint density at radius 3 is 2.63 bits per heavy atom. The summed E-state index contributed by atoms with van der Waals surface area (Å²) >= 11 is 1.45. The lowest BCUT2D eigenvalue weighted by molar-refractivity contribution is 0.175. The van der Waals surface area contributed by atoms with Crippen LogP contribution in [0, 0.1) is 0 Å². The van der Waals surface area contributed by atoms with Gasteiger partial charge >= 0.3 is 0 Å². The normalized spacial score (nSPS) is 12.5. The Hall–Kier alpha value is -2.54. The third-order valence-electron chi connectivity index (χ3n) is 4.16. The standard InChI is InChI=1S/C21H24N4OS/c22-21-25-19(15-27-21)11-13-24-18-8-6-16(7-9-18)10-12-23-14-20(26)17-4-2-1-3-5-17/h1-9,13,15,20,23,26H,10-12,14H2,(H2,22,25)/b24-13+/t20-/m0/s1. The fourth-order valence-corrected chi connectivity index (χ4v) is 3.25. The molecule has 4 N–H and O–H groups in total. The summed E-state index contributed by atoms with van der Waals surface area (Å²) in [7, 11) is 0. The zero-order chi connectivity index (χ0) is 18.9. The molecule has 0 aliphatic carbocycles. The lowest BCUT2D eigenvalue weighted by Crippen LogP contribution is -2.23. The van der Waals surface area contributed by atoms with E-state index >= 15 is 0 Å². The van der Waals surface area contributed by atoms with Crippen LogP contribution in [0.2, 0.25) is 0 Å². The first-order valence-corrected chi connectivity index (χ1v) is 9.84. The van der Waals surface area contributed by atoms with Crippen molar-refractivity contribution in [3.63, 3.8) is 0 Å². The van der Waals surface area contributed by atoms with Crippen molar-refractivity contribution in [2.24, 2.45) is 4.99 Å². The Morgan fingerprint density at radius 1 is 1.15 bits per heavy atom. The van der Waals surface area contributed by atoms with Gasteiger partial charge in [-0.1, -0.05) is 42.5 Å². The minimum absolute atomic E-state index is 0.476. The number of aromatic nitrogens is 1. The number of nitrogens with two attached hydrogens (primary N) is 1. The maximum atomic E-state index is 10.1. The largest absolute Gasteiger partial charge is 0.387 e. The monoisotopic (exact) mass is 380 g/mol. The fourth-order valence-electron chi connectivity index (χ4n) is 2.67. The van der Waals surface area contributed by atoms with Crippen molar-refractivity contribution in [3.05, 3.63) is 76.8 Å². The van der Waals surface area contributed by atoms with E-state index in [0.29, 0.717) is 18.1 Å². The van der Waals surface area contributed by atoms with Gasteiger partial charge in [0, 0.05) is 24.6 Å². The van der Waals surface area contributed by atoms with Gasteiger partial charge in [0.1, 0.15) is 0 Å². The van der Waals surface area contributed by atoms with Crippen LogP contribution in [0.5, 0.6) is 0 Å². The second kappa shape index (κ2) is 9.97. The van der Waals surface area contributed by atoms with Crippen molar-refractivity contribution >= 4 is 28.4 Å². The van der Waals surface area contributed by atoms with E-state index in [2.05, 4.69) is 27.4 Å². The second-order valence-electron chi connectivity index (χ2n) is 6.24. The summed E-state index contributed by atoms with van der Waals surface area (Å²) in [5.74, 6) is 0. The van der Waals surface area contributed by atoms with Crippen molar-refractivity contribution in [1.29, 1.82) is 0 Å². The fraction of sp³-hybridized carbons (Fsp3) is 0.238. The summed E-state index contributed by atoms with van der Waals surface area (Å²) in [4.78, 5) is 8.66. The smallest absolute Gasteiger partial charge is 0.180 e. The zero-order valence-corrected chi connectivity index (χ0v) is 15.9. The van der Waals surface area contributed by atoms with Crippen LogP contribution < -0.4 is 11.1 Å². The van der Waals surface area contributed by atoms with Gasteiger partial charge in [0.15, 0.2) is 5.13 Å². The topological polar surface area (TPSA) is 83.5 Å². The van der Waals surface area contributed by atoms with Gasteiger partial charge in [-0.2, -0.15) is 0 Å². The number of aliphatic imine (C=N–C) groups is 1. The first-order valence-electron chi connectivity index (χ1n) is 8.96. The second-order valence-corrected chi connectivity index (χ2v) is 7.13. The molecule has 27 heavy (non-hydrogen) atoms. The van der Waals surface area contributed by atoms with Crippen LogP contribution in [0.25, 0.3) is 0 Å². The molecule has 0 aliphatic heterocycles. The number of anilines is 1. The number of thiazole rings is 1. The van der Waals surface area contributed by atoms with Gasteiger partial charge < -0.3 is 16.2 Å². The molecule has 1 aromatic heterocycles.